The number of pyridine rings is 1. The van der Waals surface area contributed by atoms with Crippen LogP contribution in [0, 0.1) is 4.78 Å². The number of fused-ring (bicyclic) bond motifs is 2. The molecule has 0 saturated carbocycles. The van der Waals surface area contributed by atoms with Crippen LogP contribution in [0.2, 0.25) is 0 Å². The number of carbonyl (C=O) groups excluding carboxylic acids is 1. The van der Waals surface area contributed by atoms with Gasteiger partial charge in [0.2, 0.25) is 0 Å². The molecule has 5 rings (SSSR count). The number of rotatable bonds is 19. The fourth-order valence-corrected chi connectivity index (χ4v) is 8.42. The first-order chi connectivity index (χ1) is 23.9. The van der Waals surface area contributed by atoms with Crippen molar-refractivity contribution in [2.24, 2.45) is 5.14 Å². The minimum Gasteiger partial charge on any atom is -0.385 e. The van der Waals surface area contributed by atoms with E-state index in [2.05, 4.69) is 19.2 Å². The summed E-state index contributed by atoms with van der Waals surface area (Å²) in [6.07, 6.45) is 5.72. The number of aryl methyl sites for hydroxylation is 1. The monoisotopic (exact) mass is 733 g/mol. The number of nitrogens with one attached hydrogen (secondary N) is 2. The predicted octanol–water partition coefficient (Wildman–Crippen LogP) is 4.45. The van der Waals surface area contributed by atoms with Gasteiger partial charge in [-0.2, -0.15) is 0 Å². The van der Waals surface area contributed by atoms with E-state index < -0.39 is 26.9 Å². The van der Waals surface area contributed by atoms with E-state index in [-0.39, 0.29) is 29.5 Å². The Balaban J connectivity index is 1.03. The highest BCUT2D eigenvalue weighted by Gasteiger charge is 2.45. The van der Waals surface area contributed by atoms with Gasteiger partial charge in [-0.1, -0.05) is 55.9 Å². The summed E-state index contributed by atoms with van der Waals surface area (Å²) in [6.45, 7) is 9.46. The van der Waals surface area contributed by atoms with E-state index in [4.69, 9.17) is 38.6 Å². The van der Waals surface area contributed by atoms with Crippen molar-refractivity contribution >= 4 is 33.4 Å². The molecule has 3 aliphatic rings. The summed E-state index contributed by atoms with van der Waals surface area (Å²) in [7, 11) is -3.63. The summed E-state index contributed by atoms with van der Waals surface area (Å²) in [5.41, 5.74) is 4.39. The van der Waals surface area contributed by atoms with Gasteiger partial charge in [0.1, 0.15) is 25.1 Å². The van der Waals surface area contributed by atoms with Crippen molar-refractivity contribution in [3.8, 4) is 0 Å². The first-order valence-corrected chi connectivity index (χ1v) is 19.6. The van der Waals surface area contributed by atoms with Crippen LogP contribution >= 0.6 is 11.8 Å². The molecule has 2 aliphatic carbocycles. The largest absolute Gasteiger partial charge is 0.385 e. The number of anilines is 1. The Morgan fingerprint density at radius 3 is 2.28 bits per heavy atom. The van der Waals surface area contributed by atoms with Crippen molar-refractivity contribution in [2.75, 3.05) is 64.8 Å². The van der Waals surface area contributed by atoms with Crippen molar-refractivity contribution in [3.63, 3.8) is 0 Å². The van der Waals surface area contributed by atoms with Crippen molar-refractivity contribution in [3.05, 3.63) is 68.8 Å². The molecule has 5 N–H and O–H groups in total. The predicted molar refractivity (Wildman–Crippen MR) is 193 cm³/mol. The third-order valence-corrected chi connectivity index (χ3v) is 12.0. The molecule has 0 radical (unpaired) electrons. The molecule has 2 heterocycles. The number of nitrogens with zero attached hydrogens (tertiary/aromatic N) is 2. The zero-order chi connectivity index (χ0) is 35.8. The smallest absolute Gasteiger partial charge is 0.327 e. The lowest BCUT2D eigenvalue weighted by Gasteiger charge is -2.35. The van der Waals surface area contributed by atoms with E-state index in [0.717, 1.165) is 77.6 Å². The van der Waals surface area contributed by atoms with Gasteiger partial charge < -0.3 is 34.1 Å². The fourth-order valence-electron chi connectivity index (χ4n) is 6.32. The van der Waals surface area contributed by atoms with Crippen molar-refractivity contribution in [1.29, 1.82) is 4.78 Å². The lowest BCUT2D eigenvalue weighted by Crippen LogP contribution is -2.51. The standard InChI is InChI=1S/C35H51N5O8S2/c1-34(2)13-12-27-30(26-10-7-11-28(26)38-31(27)34)39-33(41)40-22-29(50(36,37)43)49-32(40)35(3,42)24-48-21-19-46-17-15-44-14-16-45-18-20-47-23-25-8-5-4-6-9-25/h4-6,8-9,22,32,42H,7,10-21,23-24H2,1-3H3,(H3,36,37,43)(H,38,39,41)/t32?,35-/m0/s1. The number of thioether (sulfide) groups is 1. The van der Waals surface area contributed by atoms with Gasteiger partial charge in [-0.25, -0.2) is 18.9 Å². The van der Waals surface area contributed by atoms with Crippen LogP contribution in [0.4, 0.5) is 10.5 Å². The Morgan fingerprint density at radius 2 is 1.64 bits per heavy atom. The van der Waals surface area contributed by atoms with Gasteiger partial charge in [0, 0.05) is 17.3 Å². The molecular formula is C35H51N5O8S2. The fraction of sp³-hybridized carbons (Fsp3) is 0.600. The van der Waals surface area contributed by atoms with Crippen LogP contribution in [-0.4, -0.2) is 95.7 Å². The minimum absolute atomic E-state index is 0.00868. The molecule has 50 heavy (non-hydrogen) atoms. The van der Waals surface area contributed by atoms with Gasteiger partial charge in [-0.3, -0.25) is 9.88 Å². The molecule has 1 aliphatic heterocycles. The molecule has 1 aromatic heterocycles. The summed E-state index contributed by atoms with van der Waals surface area (Å²) >= 11 is 0.939. The van der Waals surface area contributed by atoms with Crippen LogP contribution in [0.1, 0.15) is 61.7 Å². The summed E-state index contributed by atoms with van der Waals surface area (Å²) in [4.78, 5) is 20.2. The first kappa shape index (κ1) is 38.6. The lowest BCUT2D eigenvalue weighted by molar-refractivity contribution is -0.0642. The van der Waals surface area contributed by atoms with Crippen molar-refractivity contribution in [1.82, 2.24) is 9.88 Å². The Labute approximate surface area is 299 Å². The number of aliphatic hydroxyl groups is 1. The third kappa shape index (κ3) is 10.0. The number of nitrogens with two attached hydrogens (primary N) is 1. The van der Waals surface area contributed by atoms with E-state index in [0.29, 0.717) is 46.2 Å². The van der Waals surface area contributed by atoms with Crippen LogP contribution in [-0.2, 0) is 64.9 Å². The van der Waals surface area contributed by atoms with E-state index in [1.165, 1.54) is 11.1 Å². The number of ether oxygens (including phenoxy) is 5. The average Bonchev–Trinajstić information content (AvgIpc) is 3.81. The quantitative estimate of drug-likeness (QED) is 0.151. The van der Waals surface area contributed by atoms with Gasteiger partial charge in [-0.15, -0.1) is 0 Å². The second-order valence-electron chi connectivity index (χ2n) is 13.6. The van der Waals surface area contributed by atoms with E-state index in [9.17, 15) is 14.1 Å². The van der Waals surface area contributed by atoms with Crippen molar-refractivity contribution in [2.45, 2.75) is 75.9 Å². The summed E-state index contributed by atoms with van der Waals surface area (Å²) in [5, 5.41) is 19.4. The molecule has 0 spiro atoms. The summed E-state index contributed by atoms with van der Waals surface area (Å²) in [5.74, 6) is 0. The maximum Gasteiger partial charge on any atom is 0.327 e. The van der Waals surface area contributed by atoms with Crippen LogP contribution in [0.3, 0.4) is 0 Å². The minimum atomic E-state index is -3.63. The lowest BCUT2D eigenvalue weighted by atomic mass is 9.90. The number of hydrogen-bond acceptors (Lipinski definition) is 11. The van der Waals surface area contributed by atoms with E-state index in [1.807, 2.05) is 30.3 Å². The van der Waals surface area contributed by atoms with Gasteiger partial charge in [-0.05, 0) is 55.7 Å². The highest BCUT2D eigenvalue weighted by Crippen LogP contribution is 2.45. The SMILES string of the molecule is CC1(C)CCc2c1nc1c(c2NC(=O)N2C=C(S(=N)(N)=O)SC2[C@@](C)(O)COCCOCCOCCOCCOCc2ccccc2)CCC1. The van der Waals surface area contributed by atoms with Crippen LogP contribution in [0.5, 0.6) is 0 Å². The second kappa shape index (κ2) is 17.3. The molecule has 3 atom stereocenters. The second-order valence-corrected chi connectivity index (χ2v) is 16.6. The number of amides is 2. The van der Waals surface area contributed by atoms with Crippen LogP contribution in [0.15, 0.2) is 40.8 Å². The number of benzene rings is 1. The molecule has 276 valence electrons. The molecule has 0 saturated heterocycles. The van der Waals surface area contributed by atoms with Crippen LogP contribution < -0.4 is 10.5 Å². The number of hydrogen-bond donors (Lipinski definition) is 4. The normalized spacial score (nSPS) is 20.2. The van der Waals surface area contributed by atoms with E-state index in [1.54, 1.807) is 6.92 Å². The molecule has 15 heteroatoms. The molecule has 2 unspecified atom stereocenters. The topological polar surface area (TPSA) is 179 Å². The number of aromatic nitrogens is 1. The maximum atomic E-state index is 13.9. The average molecular weight is 734 g/mol. The summed E-state index contributed by atoms with van der Waals surface area (Å²) in [6, 6.07) is 9.48. The Hall–Kier alpha value is -2.60. The molecule has 2 aromatic rings. The number of urea groups is 1. The zero-order valence-electron chi connectivity index (χ0n) is 29.2. The molecule has 1 aromatic carbocycles. The third-order valence-electron chi connectivity index (χ3n) is 8.98. The van der Waals surface area contributed by atoms with Gasteiger partial charge in [0.15, 0.2) is 0 Å². The highest BCUT2D eigenvalue weighted by molar-refractivity contribution is 8.18. The Bertz CT molecular complexity index is 1600. The molecule has 13 nitrogen and oxygen atoms in total. The molecular weight excluding hydrogens is 683 g/mol. The van der Waals surface area contributed by atoms with Gasteiger partial charge >= 0.3 is 6.03 Å². The molecule has 0 fully saturated rings. The Morgan fingerprint density at radius 1 is 1.02 bits per heavy atom. The molecule has 0 bridgehead atoms. The first-order valence-electron chi connectivity index (χ1n) is 17.1. The highest BCUT2D eigenvalue weighted by atomic mass is 32.3. The number of carbonyl (C=O) groups is 1. The summed E-state index contributed by atoms with van der Waals surface area (Å²) < 4.78 is 48.5. The Kier molecular flexibility index (Phi) is 13.3. The van der Waals surface area contributed by atoms with E-state index >= 15 is 0 Å². The van der Waals surface area contributed by atoms with Crippen molar-refractivity contribution < 1.29 is 37.8 Å². The molecule has 2 amide bonds. The maximum absolute atomic E-state index is 13.9. The van der Waals surface area contributed by atoms with Gasteiger partial charge in [0.05, 0.1) is 77.5 Å². The van der Waals surface area contributed by atoms with Crippen LogP contribution in [0.25, 0.3) is 0 Å². The zero-order valence-corrected chi connectivity index (χ0v) is 30.9. The van der Waals surface area contributed by atoms with Gasteiger partial charge in [0.25, 0.3) is 0 Å².